The molecule has 0 saturated carbocycles. The molecule has 1 aliphatic rings. The van der Waals surface area contributed by atoms with Gasteiger partial charge >= 0.3 is 10.3 Å². The minimum absolute atomic E-state index is 0.0223. The lowest BCUT2D eigenvalue weighted by atomic mass is 10.1. The van der Waals surface area contributed by atoms with Crippen LogP contribution in [0.25, 0.3) is 0 Å². The number of rotatable bonds is 5. The van der Waals surface area contributed by atoms with Crippen molar-refractivity contribution in [3.63, 3.8) is 0 Å². The number of nitrogens with zero attached hydrogens (tertiary/aromatic N) is 1. The molecule has 2 amide bonds. The Morgan fingerprint density at radius 3 is 2.17 bits per heavy atom. The van der Waals surface area contributed by atoms with Gasteiger partial charge in [-0.2, -0.15) is 16.8 Å². The van der Waals surface area contributed by atoms with E-state index < -0.39 is 50.1 Å². The van der Waals surface area contributed by atoms with Crippen LogP contribution in [0.3, 0.4) is 0 Å². The molecule has 23 heavy (non-hydrogen) atoms. The van der Waals surface area contributed by atoms with Crippen LogP contribution in [0.2, 0.25) is 0 Å². The predicted octanol–water partition coefficient (Wildman–Crippen LogP) is -1.25. The van der Waals surface area contributed by atoms with E-state index in [1.165, 1.54) is 24.3 Å². The van der Waals surface area contributed by atoms with Gasteiger partial charge in [0.15, 0.2) is 5.25 Å². The molecule has 0 aliphatic carbocycles. The second-order valence-electron chi connectivity index (χ2n) is 4.71. The van der Waals surface area contributed by atoms with Crippen LogP contribution in [0.1, 0.15) is 10.8 Å². The Hall–Kier alpha value is -2.02. The lowest BCUT2D eigenvalue weighted by molar-refractivity contribution is -0.140. The third-order valence-corrected chi connectivity index (χ3v) is 5.09. The third kappa shape index (κ3) is 3.67. The van der Waals surface area contributed by atoms with Crippen molar-refractivity contribution in [2.45, 2.75) is 11.3 Å². The molecule has 1 aromatic rings. The van der Waals surface area contributed by atoms with Gasteiger partial charge in [-0.3, -0.25) is 18.7 Å². The number of hydrogen-bond donors (Lipinski definition) is 3. The fourth-order valence-electron chi connectivity index (χ4n) is 2.04. The fourth-order valence-corrected chi connectivity index (χ4v) is 3.58. The molecule has 12 heteroatoms. The average molecular weight is 364 g/mol. The summed E-state index contributed by atoms with van der Waals surface area (Å²) < 4.78 is 62.5. The van der Waals surface area contributed by atoms with Crippen LogP contribution in [0, 0.1) is 0 Å². The zero-order chi connectivity index (χ0) is 17.4. The van der Waals surface area contributed by atoms with Gasteiger partial charge in [-0.25, -0.2) is 4.31 Å². The molecule has 1 aromatic carbocycles. The van der Waals surface area contributed by atoms with Gasteiger partial charge in [-0.1, -0.05) is 30.3 Å². The second-order valence-corrected chi connectivity index (χ2v) is 7.55. The van der Waals surface area contributed by atoms with Gasteiger partial charge in [0.1, 0.15) is 6.04 Å². The molecule has 1 heterocycles. The van der Waals surface area contributed by atoms with Crippen LogP contribution >= 0.6 is 0 Å². The van der Waals surface area contributed by atoms with Crippen molar-refractivity contribution in [2.24, 2.45) is 0 Å². The summed E-state index contributed by atoms with van der Waals surface area (Å²) >= 11 is 0. The van der Waals surface area contributed by atoms with Gasteiger partial charge in [0.2, 0.25) is 5.91 Å². The zero-order valence-corrected chi connectivity index (χ0v) is 13.0. The van der Waals surface area contributed by atoms with Gasteiger partial charge in [0.05, 0.1) is 6.54 Å². The second kappa shape index (κ2) is 5.88. The predicted molar refractivity (Wildman–Crippen MR) is 75.9 cm³/mol. The Balaban J connectivity index is 2.17. The molecule has 3 N–H and O–H groups in total. The maximum Gasteiger partial charge on any atom is 0.362 e. The zero-order valence-electron chi connectivity index (χ0n) is 11.4. The molecule has 10 nitrogen and oxygen atoms in total. The molecule has 126 valence electrons. The summed E-state index contributed by atoms with van der Waals surface area (Å²) in [6.07, 6.45) is 0. The van der Waals surface area contributed by atoms with Crippen molar-refractivity contribution in [2.75, 3.05) is 6.54 Å². The van der Waals surface area contributed by atoms with E-state index in [9.17, 15) is 31.0 Å². The highest BCUT2D eigenvalue weighted by Gasteiger charge is 2.46. The van der Waals surface area contributed by atoms with E-state index in [1.54, 1.807) is 6.07 Å². The largest absolute Gasteiger partial charge is 0.362 e. The molecule has 1 unspecified atom stereocenters. The Morgan fingerprint density at radius 2 is 1.74 bits per heavy atom. The Bertz CT molecular complexity index is 834. The van der Waals surface area contributed by atoms with Crippen LogP contribution < -0.4 is 5.32 Å². The van der Waals surface area contributed by atoms with Gasteiger partial charge in [0, 0.05) is 0 Å². The minimum atomic E-state index is -4.81. The van der Waals surface area contributed by atoms with Crippen LogP contribution in [-0.2, 0) is 30.0 Å². The normalized spacial score (nSPS) is 19.8. The molecular formula is C11H12N2O8S2. The first kappa shape index (κ1) is 17.3. The highest BCUT2D eigenvalue weighted by Crippen LogP contribution is 2.23. The number of carbonyl (C=O) groups is 2. The molecule has 0 spiro atoms. The standard InChI is InChI=1S/C11H12N2O8S2/c14-10(12-8-6-13(11(8)15)23(19,20)21)9(22(16,17)18)7-4-2-1-3-5-7/h1-5,8-9H,6H2,(H,12,14)(H,16,17,18)(H,19,20,21)/t8-,9?/m0/s1. The smallest absolute Gasteiger partial charge is 0.341 e. The van der Waals surface area contributed by atoms with E-state index in [4.69, 9.17) is 4.55 Å². The van der Waals surface area contributed by atoms with E-state index in [-0.39, 0.29) is 9.87 Å². The number of nitrogens with one attached hydrogen (secondary N) is 1. The summed E-state index contributed by atoms with van der Waals surface area (Å²) in [5, 5.41) is 0.0667. The first-order chi connectivity index (χ1) is 10.5. The van der Waals surface area contributed by atoms with Crippen molar-refractivity contribution >= 4 is 32.2 Å². The molecule has 0 radical (unpaired) electrons. The lowest BCUT2D eigenvalue weighted by Gasteiger charge is -2.35. The Labute approximate surface area is 131 Å². The molecule has 2 atom stereocenters. The number of hydrogen-bond acceptors (Lipinski definition) is 6. The summed E-state index contributed by atoms with van der Waals surface area (Å²) in [7, 11) is -9.53. The Morgan fingerprint density at radius 1 is 1.17 bits per heavy atom. The molecule has 1 fully saturated rings. The minimum Gasteiger partial charge on any atom is -0.341 e. The first-order valence-electron chi connectivity index (χ1n) is 6.12. The van der Waals surface area contributed by atoms with E-state index >= 15 is 0 Å². The topological polar surface area (TPSA) is 158 Å². The monoisotopic (exact) mass is 364 g/mol. The van der Waals surface area contributed by atoms with Crippen molar-refractivity contribution in [1.82, 2.24) is 9.62 Å². The highest BCUT2D eigenvalue weighted by molar-refractivity contribution is 7.86. The van der Waals surface area contributed by atoms with Gasteiger partial charge < -0.3 is 5.32 Å². The van der Waals surface area contributed by atoms with E-state index in [2.05, 4.69) is 0 Å². The molecule has 2 rings (SSSR count). The average Bonchev–Trinajstić information content (AvgIpc) is 2.41. The molecule has 0 bridgehead atoms. The maximum atomic E-state index is 12.1. The van der Waals surface area contributed by atoms with Crippen molar-refractivity contribution in [3.8, 4) is 0 Å². The summed E-state index contributed by atoms with van der Waals surface area (Å²) in [6.45, 7) is -0.531. The van der Waals surface area contributed by atoms with Crippen molar-refractivity contribution in [3.05, 3.63) is 35.9 Å². The van der Waals surface area contributed by atoms with E-state index in [1.807, 2.05) is 5.32 Å². The number of benzene rings is 1. The van der Waals surface area contributed by atoms with Gasteiger partial charge in [-0.15, -0.1) is 0 Å². The third-order valence-electron chi connectivity index (χ3n) is 3.13. The summed E-state index contributed by atoms with van der Waals surface area (Å²) in [5.74, 6) is -2.30. The fraction of sp³-hybridized carbons (Fsp3) is 0.273. The summed E-state index contributed by atoms with van der Waals surface area (Å²) in [6, 6.07) is 5.76. The lowest BCUT2D eigenvalue weighted by Crippen LogP contribution is -2.65. The quantitative estimate of drug-likeness (QED) is 0.431. The van der Waals surface area contributed by atoms with E-state index in [0.717, 1.165) is 0 Å². The van der Waals surface area contributed by atoms with Gasteiger partial charge in [-0.05, 0) is 5.56 Å². The van der Waals surface area contributed by atoms with Crippen LogP contribution in [0.4, 0.5) is 0 Å². The van der Waals surface area contributed by atoms with Crippen LogP contribution in [0.5, 0.6) is 0 Å². The SMILES string of the molecule is O=C(N[C@H]1CN(S(=O)(=O)O)C1=O)C(c1ccccc1)S(=O)(=O)O. The molecule has 1 aliphatic heterocycles. The van der Waals surface area contributed by atoms with Crippen molar-refractivity contribution < 1.29 is 35.5 Å². The van der Waals surface area contributed by atoms with Crippen LogP contribution in [0.15, 0.2) is 30.3 Å². The Kier molecular flexibility index (Phi) is 4.43. The number of carbonyl (C=O) groups excluding carboxylic acids is 2. The van der Waals surface area contributed by atoms with Crippen molar-refractivity contribution in [1.29, 1.82) is 0 Å². The molecule has 1 saturated heterocycles. The highest BCUT2D eigenvalue weighted by atomic mass is 32.2. The van der Waals surface area contributed by atoms with E-state index in [0.29, 0.717) is 0 Å². The molecular weight excluding hydrogens is 352 g/mol. The summed E-state index contributed by atoms with van der Waals surface area (Å²) in [4.78, 5) is 23.6. The number of amides is 2. The maximum absolute atomic E-state index is 12.1. The first-order valence-corrected chi connectivity index (χ1v) is 9.02. The molecule has 0 aromatic heterocycles. The van der Waals surface area contributed by atoms with Crippen LogP contribution in [-0.4, -0.2) is 54.6 Å². The number of β-lactam (4-membered cyclic amide) rings is 1. The van der Waals surface area contributed by atoms with Gasteiger partial charge in [0.25, 0.3) is 16.0 Å². The summed E-state index contributed by atoms with van der Waals surface area (Å²) in [5.41, 5.74) is -0.0223.